The summed E-state index contributed by atoms with van der Waals surface area (Å²) < 4.78 is 0. The lowest BCUT2D eigenvalue weighted by molar-refractivity contribution is 0.350. The van der Waals surface area contributed by atoms with Gasteiger partial charge in [-0.3, -0.25) is 4.98 Å². The van der Waals surface area contributed by atoms with Gasteiger partial charge in [0.1, 0.15) is 0 Å². The molecule has 0 bridgehead atoms. The summed E-state index contributed by atoms with van der Waals surface area (Å²) in [6.07, 6.45) is 13.1. The van der Waals surface area contributed by atoms with Crippen molar-refractivity contribution in [2.45, 2.75) is 51.4 Å². The molecule has 0 unspecified atom stereocenters. The van der Waals surface area contributed by atoms with E-state index in [0.717, 1.165) is 0 Å². The first-order valence-electron chi connectivity index (χ1n) is 7.72. The molecule has 2 N–H and O–H groups in total. The summed E-state index contributed by atoms with van der Waals surface area (Å²) in [6.45, 7) is 4.90. The number of hydrogen-bond donors (Lipinski definition) is 1. The van der Waals surface area contributed by atoms with Crippen LogP contribution in [-0.4, -0.2) is 11.5 Å². The molecule has 106 valence electrons. The zero-order valence-corrected chi connectivity index (χ0v) is 12.6. The van der Waals surface area contributed by atoms with E-state index in [2.05, 4.69) is 37.0 Å². The van der Waals surface area contributed by atoms with E-state index < -0.39 is 0 Å². The average molecular weight is 268 g/mol. The van der Waals surface area contributed by atoms with Crippen LogP contribution < -0.4 is 5.73 Å². The predicted octanol–water partition coefficient (Wildman–Crippen LogP) is 3.89. The Balaban J connectivity index is 2.11. The van der Waals surface area contributed by atoms with E-state index >= 15 is 0 Å². The number of nitrogens with two attached hydrogens (primary N) is 1. The fraction of sp³-hybridized carbons (Fsp3) is 0.500. The molecule has 1 spiro atoms. The van der Waals surface area contributed by atoms with Crippen molar-refractivity contribution in [3.05, 3.63) is 46.3 Å². The number of fused-ring (bicyclic) bond motifs is 2. The van der Waals surface area contributed by atoms with Gasteiger partial charge in [-0.1, -0.05) is 37.0 Å². The monoisotopic (exact) mass is 268 g/mol. The van der Waals surface area contributed by atoms with E-state index in [-0.39, 0.29) is 5.41 Å². The topological polar surface area (TPSA) is 38.9 Å². The van der Waals surface area contributed by atoms with E-state index in [1.54, 1.807) is 0 Å². The van der Waals surface area contributed by atoms with Crippen molar-refractivity contribution in [3.63, 3.8) is 0 Å². The Morgan fingerprint density at radius 2 is 2.10 bits per heavy atom. The van der Waals surface area contributed by atoms with Crippen molar-refractivity contribution < 1.29 is 0 Å². The lowest BCUT2D eigenvalue weighted by Gasteiger charge is -2.37. The van der Waals surface area contributed by atoms with Crippen molar-refractivity contribution in [1.29, 1.82) is 0 Å². The normalized spacial score (nSPS) is 20.9. The van der Waals surface area contributed by atoms with Crippen molar-refractivity contribution in [2.75, 3.05) is 6.54 Å². The number of aromatic nitrogens is 1. The van der Waals surface area contributed by atoms with Gasteiger partial charge in [-0.15, -0.1) is 0 Å². The molecular formula is C18H24N2. The Morgan fingerprint density at radius 3 is 2.80 bits per heavy atom. The Hall–Kier alpha value is -1.41. The lowest BCUT2D eigenvalue weighted by Crippen LogP contribution is -2.29. The van der Waals surface area contributed by atoms with Crippen molar-refractivity contribution in [1.82, 2.24) is 4.98 Å². The molecule has 0 saturated heterocycles. The van der Waals surface area contributed by atoms with Gasteiger partial charge in [0.2, 0.25) is 0 Å². The Bertz CT molecular complexity index is 575. The number of hydrogen-bond acceptors (Lipinski definition) is 2. The van der Waals surface area contributed by atoms with Crippen LogP contribution in [0.25, 0.3) is 6.08 Å². The summed E-state index contributed by atoms with van der Waals surface area (Å²) in [5, 5.41) is 0. The maximum absolute atomic E-state index is 5.79. The summed E-state index contributed by atoms with van der Waals surface area (Å²) in [5.41, 5.74) is 12.6. The molecule has 1 heterocycles. The standard InChI is InChI=1S/C18H24N2/c1-13(11-19)8-15-10-17-16(9-14(2)12-20-17)18(15)6-4-3-5-7-18/h8-10,12H,3-7,11,19H2,1-2H3/b13-8-. The first-order chi connectivity index (χ1) is 9.65. The third kappa shape index (κ3) is 2.12. The molecule has 0 atom stereocenters. The number of nitrogens with zero attached hydrogens (tertiary/aromatic N) is 1. The fourth-order valence-electron chi connectivity index (χ4n) is 3.74. The van der Waals surface area contributed by atoms with Crippen LogP contribution in [0.3, 0.4) is 0 Å². The molecule has 20 heavy (non-hydrogen) atoms. The minimum absolute atomic E-state index is 0.211. The molecule has 0 radical (unpaired) electrons. The van der Waals surface area contributed by atoms with Crippen LogP contribution >= 0.6 is 0 Å². The molecule has 2 nitrogen and oxygen atoms in total. The summed E-state index contributed by atoms with van der Waals surface area (Å²) in [6, 6.07) is 2.35. The Labute approximate surface area is 121 Å². The van der Waals surface area contributed by atoms with Gasteiger partial charge < -0.3 is 5.73 Å². The average Bonchev–Trinajstić information content (AvgIpc) is 2.74. The number of aryl methyl sites for hydroxylation is 1. The third-order valence-electron chi connectivity index (χ3n) is 4.85. The highest BCUT2D eigenvalue weighted by Gasteiger charge is 2.41. The zero-order valence-electron chi connectivity index (χ0n) is 12.6. The van der Waals surface area contributed by atoms with Crippen LogP contribution in [0.2, 0.25) is 0 Å². The van der Waals surface area contributed by atoms with Gasteiger partial charge in [0.05, 0.1) is 5.69 Å². The molecule has 2 aliphatic carbocycles. The van der Waals surface area contributed by atoms with Gasteiger partial charge >= 0.3 is 0 Å². The van der Waals surface area contributed by atoms with Crippen LogP contribution in [0.1, 0.15) is 55.8 Å². The van der Waals surface area contributed by atoms with Crippen LogP contribution in [0.5, 0.6) is 0 Å². The second-order valence-electron chi connectivity index (χ2n) is 6.38. The van der Waals surface area contributed by atoms with Gasteiger partial charge in [-0.2, -0.15) is 0 Å². The molecule has 0 aromatic carbocycles. The van der Waals surface area contributed by atoms with E-state index in [0.29, 0.717) is 6.54 Å². The molecule has 1 saturated carbocycles. The second kappa shape index (κ2) is 5.17. The minimum Gasteiger partial charge on any atom is -0.327 e. The molecule has 1 fully saturated rings. The maximum Gasteiger partial charge on any atom is 0.0673 e. The van der Waals surface area contributed by atoms with Gasteiger partial charge in [0.25, 0.3) is 0 Å². The predicted molar refractivity (Wildman–Crippen MR) is 84.5 cm³/mol. The van der Waals surface area contributed by atoms with Crippen molar-refractivity contribution in [2.24, 2.45) is 5.73 Å². The molecule has 1 aromatic heterocycles. The van der Waals surface area contributed by atoms with Gasteiger partial charge in [-0.25, -0.2) is 0 Å². The smallest absolute Gasteiger partial charge is 0.0673 e. The fourth-order valence-corrected chi connectivity index (χ4v) is 3.74. The molecular weight excluding hydrogens is 244 g/mol. The molecule has 0 amide bonds. The van der Waals surface area contributed by atoms with Crippen LogP contribution in [-0.2, 0) is 5.41 Å². The van der Waals surface area contributed by atoms with Crippen LogP contribution in [0.15, 0.2) is 29.5 Å². The molecule has 2 heteroatoms. The van der Waals surface area contributed by atoms with E-state index in [9.17, 15) is 0 Å². The van der Waals surface area contributed by atoms with Gasteiger partial charge in [0.15, 0.2) is 0 Å². The highest BCUT2D eigenvalue weighted by atomic mass is 14.7. The quantitative estimate of drug-likeness (QED) is 0.883. The Morgan fingerprint density at radius 1 is 1.35 bits per heavy atom. The number of rotatable bonds is 2. The molecule has 1 aromatic rings. The van der Waals surface area contributed by atoms with Crippen molar-refractivity contribution >= 4 is 6.08 Å². The van der Waals surface area contributed by atoms with Crippen molar-refractivity contribution in [3.8, 4) is 0 Å². The van der Waals surface area contributed by atoms with Crippen LogP contribution in [0, 0.1) is 6.92 Å². The van der Waals surface area contributed by atoms with E-state index in [1.807, 2.05) is 6.20 Å². The maximum atomic E-state index is 5.79. The Kier molecular flexibility index (Phi) is 3.51. The first kappa shape index (κ1) is 13.6. The van der Waals surface area contributed by atoms with E-state index in [4.69, 9.17) is 5.73 Å². The van der Waals surface area contributed by atoms with Crippen LogP contribution in [0.4, 0.5) is 0 Å². The van der Waals surface area contributed by atoms with Gasteiger partial charge in [-0.05, 0) is 49.5 Å². The van der Waals surface area contributed by atoms with Gasteiger partial charge in [0, 0.05) is 18.2 Å². The largest absolute Gasteiger partial charge is 0.327 e. The summed E-state index contributed by atoms with van der Waals surface area (Å²) in [5.74, 6) is 0. The highest BCUT2D eigenvalue weighted by Crippen LogP contribution is 2.51. The van der Waals surface area contributed by atoms with E-state index in [1.165, 1.54) is 60.1 Å². The summed E-state index contributed by atoms with van der Waals surface area (Å²) in [4.78, 5) is 4.65. The zero-order chi connectivity index (χ0) is 14.2. The second-order valence-corrected chi connectivity index (χ2v) is 6.38. The highest BCUT2D eigenvalue weighted by molar-refractivity contribution is 5.70. The number of allylic oxidation sites excluding steroid dienone is 2. The first-order valence-corrected chi connectivity index (χ1v) is 7.72. The third-order valence-corrected chi connectivity index (χ3v) is 4.85. The summed E-state index contributed by atoms with van der Waals surface area (Å²) in [7, 11) is 0. The molecule has 0 aliphatic heterocycles. The minimum atomic E-state index is 0.211. The molecule has 3 rings (SSSR count). The lowest BCUT2D eigenvalue weighted by atomic mass is 9.67. The SMILES string of the molecule is C/C(=C/C1=Cc2ncc(C)cc2C12CCCCC2)CN. The summed E-state index contributed by atoms with van der Waals surface area (Å²) >= 11 is 0. The number of pyridine rings is 1. The molecule has 2 aliphatic rings.